The number of hydrogen-bond acceptors (Lipinski definition) is 2. The summed E-state index contributed by atoms with van der Waals surface area (Å²) in [6.45, 7) is 0. The van der Waals surface area contributed by atoms with Crippen LogP contribution in [-0.2, 0) is 0 Å². The van der Waals surface area contributed by atoms with Gasteiger partial charge in [-0.05, 0) is 17.7 Å². The van der Waals surface area contributed by atoms with E-state index in [9.17, 15) is 18.0 Å². The van der Waals surface area contributed by atoms with Crippen molar-refractivity contribution in [1.29, 1.82) is 0 Å². The van der Waals surface area contributed by atoms with E-state index in [1.807, 2.05) is 0 Å². The molecule has 100 valence electrons. The lowest BCUT2D eigenvalue weighted by atomic mass is 10.1. The molecule has 1 N–H and O–H groups in total. The second kappa shape index (κ2) is 4.97. The van der Waals surface area contributed by atoms with Crippen molar-refractivity contribution in [3.8, 4) is 16.9 Å². The fourth-order valence-corrected chi connectivity index (χ4v) is 1.70. The van der Waals surface area contributed by atoms with Crippen molar-refractivity contribution in [3.05, 3.63) is 51.9 Å². The third-order valence-electron chi connectivity index (χ3n) is 2.28. The molecule has 0 aliphatic rings. The Morgan fingerprint density at radius 1 is 1.21 bits per heavy atom. The van der Waals surface area contributed by atoms with Crippen molar-refractivity contribution >= 4 is 11.6 Å². The highest BCUT2D eigenvalue weighted by atomic mass is 35.5. The first-order chi connectivity index (χ1) is 8.87. The van der Waals surface area contributed by atoms with E-state index < -0.39 is 17.5 Å². The van der Waals surface area contributed by atoms with Gasteiger partial charge in [-0.2, -0.15) is 0 Å². The average Bonchev–Trinajstić information content (AvgIpc) is 2.31. The van der Waals surface area contributed by atoms with Crippen LogP contribution in [0.25, 0.3) is 11.1 Å². The molecule has 0 aliphatic heterocycles. The number of hydrogen-bond donors (Lipinski definition) is 1. The van der Waals surface area contributed by atoms with Gasteiger partial charge in [-0.1, -0.05) is 23.7 Å². The largest absolute Gasteiger partial charge is 0.573 e. The minimum absolute atomic E-state index is 0.0420. The topological polar surface area (TPSA) is 42.1 Å². The van der Waals surface area contributed by atoms with Gasteiger partial charge in [0.15, 0.2) is 0 Å². The summed E-state index contributed by atoms with van der Waals surface area (Å²) in [6, 6.07) is 5.12. The number of halogens is 4. The molecule has 0 radical (unpaired) electrons. The maximum atomic E-state index is 12.1. The van der Waals surface area contributed by atoms with E-state index in [0.717, 1.165) is 12.1 Å². The number of aromatic nitrogens is 1. The zero-order valence-electron chi connectivity index (χ0n) is 9.29. The monoisotopic (exact) mass is 289 g/mol. The van der Waals surface area contributed by atoms with E-state index in [1.165, 1.54) is 24.5 Å². The van der Waals surface area contributed by atoms with Crippen LogP contribution in [0, 0.1) is 0 Å². The van der Waals surface area contributed by atoms with E-state index in [2.05, 4.69) is 9.72 Å². The number of nitrogens with one attached hydrogen (secondary N) is 1. The van der Waals surface area contributed by atoms with Crippen LogP contribution in [0.1, 0.15) is 0 Å². The van der Waals surface area contributed by atoms with Gasteiger partial charge in [0.05, 0.1) is 0 Å². The highest BCUT2D eigenvalue weighted by Gasteiger charge is 2.31. The van der Waals surface area contributed by atoms with Crippen molar-refractivity contribution < 1.29 is 17.9 Å². The number of ether oxygens (including phenoxy) is 1. The third-order valence-corrected chi connectivity index (χ3v) is 2.56. The SMILES string of the molecule is O=c1c(Cl)c[nH]cc1-c1cccc(OC(F)(F)F)c1. The molecule has 0 bridgehead atoms. The van der Waals surface area contributed by atoms with Crippen LogP contribution in [0.4, 0.5) is 13.2 Å². The van der Waals surface area contributed by atoms with Gasteiger partial charge in [-0.25, -0.2) is 0 Å². The molecule has 2 rings (SSSR count). The van der Waals surface area contributed by atoms with Gasteiger partial charge in [-0.15, -0.1) is 13.2 Å². The molecule has 19 heavy (non-hydrogen) atoms. The Morgan fingerprint density at radius 2 is 1.95 bits per heavy atom. The van der Waals surface area contributed by atoms with E-state index in [4.69, 9.17) is 11.6 Å². The maximum Gasteiger partial charge on any atom is 0.573 e. The molecule has 0 atom stereocenters. The van der Waals surface area contributed by atoms with Crippen molar-refractivity contribution in [1.82, 2.24) is 4.98 Å². The van der Waals surface area contributed by atoms with Crippen LogP contribution >= 0.6 is 11.6 Å². The fraction of sp³-hybridized carbons (Fsp3) is 0.0833. The lowest BCUT2D eigenvalue weighted by molar-refractivity contribution is -0.274. The normalized spacial score (nSPS) is 11.4. The van der Waals surface area contributed by atoms with Crippen LogP contribution in [0.5, 0.6) is 5.75 Å². The Hall–Kier alpha value is -1.95. The lowest BCUT2D eigenvalue weighted by Gasteiger charge is -2.09. The summed E-state index contributed by atoms with van der Waals surface area (Å²) >= 11 is 5.65. The summed E-state index contributed by atoms with van der Waals surface area (Å²) in [5, 5.41) is -0.0420. The molecule has 0 aliphatic carbocycles. The molecule has 3 nitrogen and oxygen atoms in total. The second-order valence-electron chi connectivity index (χ2n) is 3.62. The molecular weight excluding hydrogens is 283 g/mol. The van der Waals surface area contributed by atoms with E-state index in [0.29, 0.717) is 0 Å². The number of H-pyrrole nitrogens is 1. The fourth-order valence-electron chi connectivity index (χ4n) is 1.53. The van der Waals surface area contributed by atoms with Crippen molar-refractivity contribution in [2.75, 3.05) is 0 Å². The molecule has 0 unspecified atom stereocenters. The highest BCUT2D eigenvalue weighted by molar-refractivity contribution is 6.30. The molecule has 7 heteroatoms. The molecule has 0 saturated heterocycles. The summed E-state index contributed by atoms with van der Waals surface area (Å²) in [6.07, 6.45) is -2.12. The number of aromatic amines is 1. The molecule has 0 saturated carbocycles. The van der Waals surface area contributed by atoms with Gasteiger partial charge < -0.3 is 9.72 Å². The summed E-state index contributed by atoms with van der Waals surface area (Å²) < 4.78 is 40.1. The molecule has 0 fully saturated rings. The average molecular weight is 290 g/mol. The predicted octanol–water partition coefficient (Wildman–Crippen LogP) is 3.59. The Morgan fingerprint density at radius 3 is 2.63 bits per heavy atom. The van der Waals surface area contributed by atoms with Gasteiger partial charge >= 0.3 is 6.36 Å². The predicted molar refractivity (Wildman–Crippen MR) is 64.2 cm³/mol. The summed E-state index contributed by atoms with van der Waals surface area (Å²) in [5.41, 5.74) is -0.0183. The van der Waals surface area contributed by atoms with E-state index in [-0.39, 0.29) is 16.1 Å². The van der Waals surface area contributed by atoms with Gasteiger partial charge in [0.1, 0.15) is 10.8 Å². The minimum Gasteiger partial charge on any atom is -0.406 e. The molecule has 0 amide bonds. The zero-order valence-corrected chi connectivity index (χ0v) is 10.0. The van der Waals surface area contributed by atoms with Crippen LogP contribution in [-0.4, -0.2) is 11.3 Å². The van der Waals surface area contributed by atoms with Crippen molar-refractivity contribution in [3.63, 3.8) is 0 Å². The number of alkyl halides is 3. The second-order valence-corrected chi connectivity index (χ2v) is 4.03. The molecule has 0 spiro atoms. The molecule has 1 aromatic heterocycles. The van der Waals surface area contributed by atoms with Gasteiger partial charge in [-0.3, -0.25) is 4.79 Å². The maximum absolute atomic E-state index is 12.1. The van der Waals surface area contributed by atoms with Crippen LogP contribution in [0.3, 0.4) is 0 Å². The Bertz CT molecular complexity index is 652. The Balaban J connectivity index is 2.44. The first-order valence-electron chi connectivity index (χ1n) is 5.09. The third kappa shape index (κ3) is 3.29. The minimum atomic E-state index is -4.78. The standard InChI is InChI=1S/C12H7ClF3NO2/c13-10-6-17-5-9(11(10)18)7-2-1-3-8(4-7)19-12(14,15)16/h1-6H,(H,17,18). The van der Waals surface area contributed by atoms with E-state index >= 15 is 0 Å². The smallest absolute Gasteiger partial charge is 0.406 e. The van der Waals surface area contributed by atoms with Gasteiger partial charge in [0.25, 0.3) is 0 Å². The summed E-state index contributed by atoms with van der Waals surface area (Å²) in [4.78, 5) is 14.4. The van der Waals surface area contributed by atoms with Crippen LogP contribution in [0.2, 0.25) is 5.02 Å². The first kappa shape index (κ1) is 13.5. The molecule has 1 aromatic carbocycles. The highest BCUT2D eigenvalue weighted by Crippen LogP contribution is 2.26. The Labute approximate surface area is 110 Å². The lowest BCUT2D eigenvalue weighted by Crippen LogP contribution is -2.17. The van der Waals surface area contributed by atoms with Gasteiger partial charge in [0.2, 0.25) is 5.43 Å². The van der Waals surface area contributed by atoms with E-state index in [1.54, 1.807) is 0 Å². The summed E-state index contributed by atoms with van der Waals surface area (Å²) in [7, 11) is 0. The number of benzene rings is 1. The first-order valence-corrected chi connectivity index (χ1v) is 5.47. The summed E-state index contributed by atoms with van der Waals surface area (Å²) in [5.74, 6) is -0.399. The van der Waals surface area contributed by atoms with Gasteiger partial charge in [0, 0.05) is 18.0 Å². The van der Waals surface area contributed by atoms with Crippen LogP contribution < -0.4 is 10.2 Å². The number of rotatable bonds is 2. The zero-order chi connectivity index (χ0) is 14.0. The van der Waals surface area contributed by atoms with Crippen LogP contribution in [0.15, 0.2) is 41.5 Å². The van der Waals surface area contributed by atoms with Crippen molar-refractivity contribution in [2.24, 2.45) is 0 Å². The quantitative estimate of drug-likeness (QED) is 0.918. The molecule has 1 heterocycles. The Kier molecular flexibility index (Phi) is 3.53. The molecule has 2 aromatic rings. The number of pyridine rings is 1. The van der Waals surface area contributed by atoms with Crippen molar-refractivity contribution in [2.45, 2.75) is 6.36 Å². The molecular formula is C12H7ClF3NO2.